The fourth-order valence-electron chi connectivity index (χ4n) is 3.42. The number of nitrogens with one attached hydrogen (secondary N) is 1. The molecule has 1 aliphatic rings. The standard InChI is InChI=1S/C18H25N3O2S/c1-14(2)11-16-13-19-8-4-10-21(16)24(22,23)18-6-3-5-15-12-20-9-7-17(15)18/h3,5-7,9,12,14,16,19H,4,8,10-11,13H2,1-2H3. The highest BCUT2D eigenvalue weighted by atomic mass is 32.2. The molecule has 6 heteroatoms. The average molecular weight is 347 g/mol. The largest absolute Gasteiger partial charge is 0.315 e. The maximum Gasteiger partial charge on any atom is 0.243 e. The maximum atomic E-state index is 13.4. The van der Waals surface area contributed by atoms with Crippen molar-refractivity contribution in [2.24, 2.45) is 5.92 Å². The summed E-state index contributed by atoms with van der Waals surface area (Å²) in [5.74, 6) is 0.448. The molecule has 0 spiro atoms. The molecule has 1 aliphatic heterocycles. The molecule has 1 aromatic heterocycles. The van der Waals surface area contributed by atoms with E-state index in [-0.39, 0.29) is 6.04 Å². The molecule has 1 fully saturated rings. The van der Waals surface area contributed by atoms with Crippen LogP contribution in [0, 0.1) is 5.92 Å². The van der Waals surface area contributed by atoms with Crippen molar-refractivity contribution in [3.8, 4) is 0 Å². The lowest BCUT2D eigenvalue weighted by atomic mass is 10.0. The first-order valence-electron chi connectivity index (χ1n) is 8.55. The summed E-state index contributed by atoms with van der Waals surface area (Å²) >= 11 is 0. The van der Waals surface area contributed by atoms with Gasteiger partial charge in [-0.05, 0) is 37.4 Å². The molecule has 24 heavy (non-hydrogen) atoms. The Bertz CT molecular complexity index is 800. The minimum atomic E-state index is -3.54. The second-order valence-electron chi connectivity index (χ2n) is 6.81. The van der Waals surface area contributed by atoms with Crippen molar-refractivity contribution in [1.82, 2.24) is 14.6 Å². The van der Waals surface area contributed by atoms with Crippen molar-refractivity contribution < 1.29 is 8.42 Å². The average Bonchev–Trinajstić information content (AvgIpc) is 2.79. The Balaban J connectivity index is 2.06. The summed E-state index contributed by atoms with van der Waals surface area (Å²) < 4.78 is 28.6. The summed E-state index contributed by atoms with van der Waals surface area (Å²) in [7, 11) is -3.54. The summed E-state index contributed by atoms with van der Waals surface area (Å²) in [4.78, 5) is 4.49. The predicted molar refractivity (Wildman–Crippen MR) is 96.4 cm³/mol. The lowest BCUT2D eigenvalue weighted by molar-refractivity contribution is 0.293. The topological polar surface area (TPSA) is 62.3 Å². The number of pyridine rings is 1. The van der Waals surface area contributed by atoms with Crippen LogP contribution in [0.2, 0.25) is 0 Å². The summed E-state index contributed by atoms with van der Waals surface area (Å²) in [5.41, 5.74) is 0. The van der Waals surface area contributed by atoms with Gasteiger partial charge in [0.25, 0.3) is 0 Å². The number of hydrogen-bond donors (Lipinski definition) is 1. The molecular formula is C18H25N3O2S. The second kappa shape index (κ2) is 7.17. The second-order valence-corrected chi connectivity index (χ2v) is 8.67. The predicted octanol–water partition coefficient (Wildman–Crippen LogP) is 2.63. The zero-order valence-electron chi connectivity index (χ0n) is 14.3. The van der Waals surface area contributed by atoms with Gasteiger partial charge in [-0.1, -0.05) is 26.0 Å². The minimum Gasteiger partial charge on any atom is -0.315 e. The van der Waals surface area contributed by atoms with E-state index in [1.807, 2.05) is 6.07 Å². The fraction of sp³-hybridized carbons (Fsp3) is 0.500. The summed E-state index contributed by atoms with van der Waals surface area (Å²) in [6.07, 6.45) is 5.06. The maximum absolute atomic E-state index is 13.4. The van der Waals surface area contributed by atoms with Crippen molar-refractivity contribution in [2.45, 2.75) is 37.6 Å². The molecule has 0 bridgehead atoms. The van der Waals surface area contributed by atoms with Gasteiger partial charge in [0.1, 0.15) is 0 Å². The summed E-state index contributed by atoms with van der Waals surface area (Å²) in [6, 6.07) is 7.19. The van der Waals surface area contributed by atoms with Crippen molar-refractivity contribution in [2.75, 3.05) is 19.6 Å². The van der Waals surface area contributed by atoms with Crippen LogP contribution in [-0.2, 0) is 10.0 Å². The van der Waals surface area contributed by atoms with E-state index >= 15 is 0 Å². The SMILES string of the molecule is CC(C)CC1CNCCCN1S(=O)(=O)c1cccc2cnccc12. The van der Waals surface area contributed by atoms with Crippen LogP contribution in [0.15, 0.2) is 41.6 Å². The van der Waals surface area contributed by atoms with E-state index in [1.165, 1.54) is 0 Å². The third-order valence-electron chi connectivity index (χ3n) is 4.49. The van der Waals surface area contributed by atoms with E-state index in [2.05, 4.69) is 24.1 Å². The van der Waals surface area contributed by atoms with E-state index < -0.39 is 10.0 Å². The van der Waals surface area contributed by atoms with Gasteiger partial charge in [0, 0.05) is 42.3 Å². The van der Waals surface area contributed by atoms with E-state index in [0.29, 0.717) is 23.9 Å². The fourth-order valence-corrected chi connectivity index (χ4v) is 5.31. The van der Waals surface area contributed by atoms with Gasteiger partial charge in [0.15, 0.2) is 0 Å². The highest BCUT2D eigenvalue weighted by Crippen LogP contribution is 2.28. The normalized spacial score (nSPS) is 20.4. The lowest BCUT2D eigenvalue weighted by Gasteiger charge is -2.30. The molecule has 2 heterocycles. The molecule has 0 radical (unpaired) electrons. The van der Waals surface area contributed by atoms with E-state index in [9.17, 15) is 8.42 Å². The molecule has 0 amide bonds. The van der Waals surface area contributed by atoms with Crippen LogP contribution in [-0.4, -0.2) is 43.4 Å². The third-order valence-corrected chi connectivity index (χ3v) is 6.50. The molecule has 130 valence electrons. The van der Waals surface area contributed by atoms with Gasteiger partial charge in [-0.15, -0.1) is 0 Å². The van der Waals surface area contributed by atoms with Crippen molar-refractivity contribution in [3.05, 3.63) is 36.7 Å². The molecule has 0 aliphatic carbocycles. The number of fused-ring (bicyclic) bond motifs is 1. The third kappa shape index (κ3) is 3.45. The van der Waals surface area contributed by atoms with Gasteiger partial charge in [0.05, 0.1) is 4.90 Å². The first-order chi connectivity index (χ1) is 11.5. The highest BCUT2D eigenvalue weighted by molar-refractivity contribution is 7.89. The first kappa shape index (κ1) is 17.3. The van der Waals surface area contributed by atoms with E-state index in [0.717, 1.165) is 30.2 Å². The zero-order chi connectivity index (χ0) is 17.2. The zero-order valence-corrected chi connectivity index (χ0v) is 15.1. The number of hydrogen-bond acceptors (Lipinski definition) is 4. The van der Waals surface area contributed by atoms with Gasteiger partial charge >= 0.3 is 0 Å². The molecule has 1 aromatic carbocycles. The van der Waals surface area contributed by atoms with Crippen molar-refractivity contribution in [1.29, 1.82) is 0 Å². The van der Waals surface area contributed by atoms with Crippen LogP contribution in [0.5, 0.6) is 0 Å². The first-order valence-corrected chi connectivity index (χ1v) is 9.99. The number of nitrogens with zero attached hydrogens (tertiary/aromatic N) is 2. The molecule has 5 nitrogen and oxygen atoms in total. The van der Waals surface area contributed by atoms with Crippen LogP contribution in [0.3, 0.4) is 0 Å². The Kier molecular flexibility index (Phi) is 5.18. The minimum absolute atomic E-state index is 0.00501. The Hall–Kier alpha value is -1.50. The molecule has 1 N–H and O–H groups in total. The van der Waals surface area contributed by atoms with Crippen molar-refractivity contribution >= 4 is 20.8 Å². The number of rotatable bonds is 4. The quantitative estimate of drug-likeness (QED) is 0.923. The van der Waals surface area contributed by atoms with Gasteiger partial charge < -0.3 is 5.32 Å². The molecule has 0 saturated carbocycles. The van der Waals surface area contributed by atoms with Crippen LogP contribution in [0.4, 0.5) is 0 Å². The van der Waals surface area contributed by atoms with Crippen LogP contribution < -0.4 is 5.32 Å². The molecule has 2 aromatic rings. The molecular weight excluding hydrogens is 322 g/mol. The monoisotopic (exact) mass is 347 g/mol. The van der Waals surface area contributed by atoms with Crippen molar-refractivity contribution in [3.63, 3.8) is 0 Å². The molecule has 1 unspecified atom stereocenters. The highest BCUT2D eigenvalue weighted by Gasteiger charge is 2.33. The number of aromatic nitrogens is 1. The van der Waals surface area contributed by atoms with Gasteiger partial charge in [-0.2, -0.15) is 4.31 Å². The molecule has 1 atom stereocenters. The van der Waals surface area contributed by atoms with Gasteiger partial charge in [-0.25, -0.2) is 8.42 Å². The van der Waals surface area contributed by atoms with Crippen LogP contribution in [0.25, 0.3) is 10.8 Å². The number of sulfonamides is 1. The van der Waals surface area contributed by atoms with Crippen LogP contribution in [0.1, 0.15) is 26.7 Å². The summed E-state index contributed by atoms with van der Waals surface area (Å²) in [5, 5.41) is 4.97. The number of benzene rings is 1. The summed E-state index contributed by atoms with van der Waals surface area (Å²) in [6.45, 7) is 6.41. The Labute approximate surface area is 144 Å². The lowest BCUT2D eigenvalue weighted by Crippen LogP contribution is -2.44. The smallest absolute Gasteiger partial charge is 0.243 e. The molecule has 3 rings (SSSR count). The van der Waals surface area contributed by atoms with Crippen LogP contribution >= 0.6 is 0 Å². The van der Waals surface area contributed by atoms with E-state index in [1.54, 1.807) is 34.9 Å². The van der Waals surface area contributed by atoms with Gasteiger partial charge in [0.2, 0.25) is 10.0 Å². The van der Waals surface area contributed by atoms with Gasteiger partial charge in [-0.3, -0.25) is 4.98 Å². The molecule has 1 saturated heterocycles. The Morgan fingerprint density at radius 2 is 2.17 bits per heavy atom. The Morgan fingerprint density at radius 1 is 1.33 bits per heavy atom. The van der Waals surface area contributed by atoms with E-state index in [4.69, 9.17) is 0 Å². The Morgan fingerprint density at radius 3 is 2.96 bits per heavy atom.